The van der Waals surface area contributed by atoms with Gasteiger partial charge in [-0.1, -0.05) is 24.3 Å². The number of carbonyl (C=O) groups excluding carboxylic acids is 2. The van der Waals surface area contributed by atoms with Gasteiger partial charge in [-0.05, 0) is 18.9 Å². The smallest absolute Gasteiger partial charge is 0.303 e. The van der Waals surface area contributed by atoms with Crippen LogP contribution in [0.2, 0.25) is 0 Å². The van der Waals surface area contributed by atoms with E-state index in [4.69, 9.17) is 23.7 Å². The van der Waals surface area contributed by atoms with E-state index in [-0.39, 0.29) is 6.42 Å². The van der Waals surface area contributed by atoms with Gasteiger partial charge in [-0.25, -0.2) is 0 Å². The number of esters is 2. The van der Waals surface area contributed by atoms with Gasteiger partial charge in [0, 0.05) is 25.8 Å². The lowest BCUT2D eigenvalue weighted by atomic mass is 10.0. The molecule has 1 aromatic rings. The maximum atomic E-state index is 11.4. The highest BCUT2D eigenvalue weighted by molar-refractivity contribution is 5.67. The lowest BCUT2D eigenvalue weighted by Gasteiger charge is -2.40. The minimum Gasteiger partial charge on any atom is -0.458 e. The van der Waals surface area contributed by atoms with Crippen molar-refractivity contribution in [3.63, 3.8) is 0 Å². The van der Waals surface area contributed by atoms with Crippen LogP contribution in [0, 0.1) is 0 Å². The van der Waals surface area contributed by atoms with E-state index >= 15 is 0 Å². The van der Waals surface area contributed by atoms with E-state index < -0.39 is 42.8 Å². The monoisotopic (exact) mass is 364 g/mol. The molecule has 0 aromatic heterocycles. The Labute approximate surface area is 152 Å². The van der Waals surface area contributed by atoms with Crippen molar-refractivity contribution in [3.05, 3.63) is 35.4 Å². The molecular weight excluding hydrogens is 340 g/mol. The molecule has 0 bridgehead atoms. The number of benzene rings is 1. The molecule has 1 saturated heterocycles. The minimum absolute atomic E-state index is 0.254. The van der Waals surface area contributed by atoms with Crippen LogP contribution >= 0.6 is 0 Å². The molecule has 5 atom stereocenters. The van der Waals surface area contributed by atoms with E-state index in [1.54, 1.807) is 6.92 Å². The highest BCUT2D eigenvalue weighted by Gasteiger charge is 2.42. The zero-order chi connectivity index (χ0) is 18.7. The van der Waals surface area contributed by atoms with Gasteiger partial charge in [-0.15, -0.1) is 0 Å². The number of hydrogen-bond acceptors (Lipinski definition) is 7. The second-order valence-electron chi connectivity index (χ2n) is 6.52. The fourth-order valence-corrected chi connectivity index (χ4v) is 3.39. The van der Waals surface area contributed by atoms with Crippen LogP contribution in [0.3, 0.4) is 0 Å². The third-order valence-corrected chi connectivity index (χ3v) is 4.46. The molecule has 2 aliphatic heterocycles. The second kappa shape index (κ2) is 8.16. The van der Waals surface area contributed by atoms with Crippen LogP contribution in [0.25, 0.3) is 0 Å². The van der Waals surface area contributed by atoms with Crippen molar-refractivity contribution in [1.29, 1.82) is 0 Å². The molecule has 0 radical (unpaired) electrons. The van der Waals surface area contributed by atoms with Crippen LogP contribution in [0.15, 0.2) is 24.3 Å². The Bertz CT molecular complexity index is 659. The van der Waals surface area contributed by atoms with Crippen molar-refractivity contribution in [1.82, 2.24) is 0 Å². The van der Waals surface area contributed by atoms with Crippen LogP contribution < -0.4 is 0 Å². The summed E-state index contributed by atoms with van der Waals surface area (Å²) in [5, 5.41) is 0. The summed E-state index contributed by atoms with van der Waals surface area (Å²) in [5.41, 5.74) is 2.16. The summed E-state index contributed by atoms with van der Waals surface area (Å²) < 4.78 is 28.3. The Morgan fingerprint density at radius 1 is 1.12 bits per heavy atom. The van der Waals surface area contributed by atoms with Crippen molar-refractivity contribution in [2.45, 2.75) is 64.5 Å². The molecule has 1 fully saturated rings. The molecule has 0 saturated carbocycles. The first-order valence-corrected chi connectivity index (χ1v) is 8.79. The topological polar surface area (TPSA) is 80.3 Å². The number of carbonyl (C=O) groups is 2. The van der Waals surface area contributed by atoms with E-state index in [2.05, 4.69) is 6.07 Å². The van der Waals surface area contributed by atoms with Gasteiger partial charge in [0.05, 0.1) is 12.7 Å². The lowest BCUT2D eigenvalue weighted by Crippen LogP contribution is -2.51. The highest BCUT2D eigenvalue weighted by atomic mass is 16.8. The van der Waals surface area contributed by atoms with Gasteiger partial charge in [0.2, 0.25) is 0 Å². The Kier molecular flexibility index (Phi) is 5.90. The van der Waals surface area contributed by atoms with Crippen LogP contribution in [0.4, 0.5) is 0 Å². The molecule has 26 heavy (non-hydrogen) atoms. The summed E-state index contributed by atoms with van der Waals surface area (Å²) in [7, 11) is 0. The molecule has 1 aromatic carbocycles. The minimum atomic E-state index is -0.671. The van der Waals surface area contributed by atoms with Crippen molar-refractivity contribution in [3.8, 4) is 0 Å². The Hall–Kier alpha value is -1.96. The van der Waals surface area contributed by atoms with E-state index in [0.29, 0.717) is 6.61 Å². The van der Waals surface area contributed by atoms with Crippen molar-refractivity contribution >= 4 is 11.9 Å². The average Bonchev–Trinajstić information content (AvgIpc) is 2.58. The quantitative estimate of drug-likeness (QED) is 0.758. The zero-order valence-corrected chi connectivity index (χ0v) is 15.2. The Morgan fingerprint density at radius 2 is 1.85 bits per heavy atom. The Balaban J connectivity index is 1.71. The van der Waals surface area contributed by atoms with Gasteiger partial charge in [-0.3, -0.25) is 9.59 Å². The molecule has 3 rings (SSSR count). The molecule has 2 aliphatic rings. The largest absolute Gasteiger partial charge is 0.458 e. The molecule has 0 aliphatic carbocycles. The summed E-state index contributed by atoms with van der Waals surface area (Å²) in [6, 6.07) is 7.95. The summed E-state index contributed by atoms with van der Waals surface area (Å²) in [4.78, 5) is 22.8. The van der Waals surface area contributed by atoms with Crippen molar-refractivity contribution in [2.24, 2.45) is 0 Å². The number of fused-ring (bicyclic) bond motifs is 1. The number of ether oxygens (including phenoxy) is 5. The molecule has 0 N–H and O–H groups in total. The summed E-state index contributed by atoms with van der Waals surface area (Å²) in [6.07, 6.45) is -1.88. The van der Waals surface area contributed by atoms with Crippen molar-refractivity contribution in [2.75, 3.05) is 6.61 Å². The molecule has 7 nitrogen and oxygen atoms in total. The predicted molar refractivity (Wildman–Crippen MR) is 90.0 cm³/mol. The molecule has 0 spiro atoms. The fraction of sp³-hybridized carbons (Fsp3) is 0.579. The van der Waals surface area contributed by atoms with Crippen LogP contribution in [0.5, 0.6) is 0 Å². The normalized spacial score (nSPS) is 31.0. The van der Waals surface area contributed by atoms with E-state index in [1.807, 2.05) is 18.2 Å². The predicted octanol–water partition coefficient (Wildman–Crippen LogP) is 2.27. The van der Waals surface area contributed by atoms with Gasteiger partial charge in [-0.2, -0.15) is 0 Å². The van der Waals surface area contributed by atoms with E-state index in [0.717, 1.165) is 12.0 Å². The number of rotatable bonds is 4. The average molecular weight is 364 g/mol. The van der Waals surface area contributed by atoms with Crippen LogP contribution in [-0.4, -0.2) is 43.1 Å². The molecule has 142 valence electrons. The third kappa shape index (κ3) is 4.41. The zero-order valence-electron chi connectivity index (χ0n) is 15.2. The maximum Gasteiger partial charge on any atom is 0.303 e. The van der Waals surface area contributed by atoms with Crippen molar-refractivity contribution < 1.29 is 33.3 Å². The van der Waals surface area contributed by atoms with Gasteiger partial charge in [0.25, 0.3) is 0 Å². The molecule has 7 heteroatoms. The molecular formula is C19H24O7. The molecule has 0 amide bonds. The second-order valence-corrected chi connectivity index (χ2v) is 6.52. The SMILES string of the molecule is CC(=O)O[C@@H]1[C@H](C)O[C@@H](O[C@@H]2OCCc3ccccc32)C[C@@H]1OC(C)=O. The fourth-order valence-electron chi connectivity index (χ4n) is 3.39. The standard InChI is InChI=1S/C19H24O7/c1-11-18(25-13(3)21)16(24-12(2)20)10-17(23-11)26-19-15-7-5-4-6-14(15)8-9-22-19/h4-7,11,16-19H,8-10H2,1-3H3/t11-,16-,17-,18+,19-/m0/s1. The highest BCUT2D eigenvalue weighted by Crippen LogP contribution is 2.33. The van der Waals surface area contributed by atoms with Gasteiger partial charge >= 0.3 is 11.9 Å². The summed E-state index contributed by atoms with van der Waals surface area (Å²) in [6.45, 7) is 4.96. The van der Waals surface area contributed by atoms with Gasteiger partial charge in [0.1, 0.15) is 6.10 Å². The maximum absolute atomic E-state index is 11.4. The first-order valence-electron chi connectivity index (χ1n) is 8.79. The number of hydrogen-bond donors (Lipinski definition) is 0. The molecule has 2 heterocycles. The lowest BCUT2D eigenvalue weighted by molar-refractivity contribution is -0.304. The van der Waals surface area contributed by atoms with Gasteiger partial charge in [0.15, 0.2) is 18.7 Å². The summed E-state index contributed by atoms with van der Waals surface area (Å²) >= 11 is 0. The molecule has 0 unspecified atom stereocenters. The van der Waals surface area contributed by atoms with E-state index in [9.17, 15) is 9.59 Å². The third-order valence-electron chi connectivity index (χ3n) is 4.46. The Morgan fingerprint density at radius 3 is 2.58 bits per heavy atom. The van der Waals surface area contributed by atoms with E-state index in [1.165, 1.54) is 19.4 Å². The van der Waals surface area contributed by atoms with Crippen LogP contribution in [-0.2, 0) is 39.7 Å². The first kappa shape index (κ1) is 18.8. The van der Waals surface area contributed by atoms with Gasteiger partial charge < -0.3 is 23.7 Å². The first-order chi connectivity index (χ1) is 12.4. The summed E-state index contributed by atoms with van der Waals surface area (Å²) in [5.74, 6) is -0.897. The van der Waals surface area contributed by atoms with Crippen LogP contribution in [0.1, 0.15) is 44.6 Å².